The highest BCUT2D eigenvalue weighted by molar-refractivity contribution is 7.55. The van der Waals surface area contributed by atoms with Crippen LogP contribution >= 0.6 is 8.58 Å². The molecule has 2 rings (SSSR count). The Bertz CT molecular complexity index is 340. The maximum absolute atomic E-state index is 6.62. The number of hydrogen-bond acceptors (Lipinski definition) is 3. The van der Waals surface area contributed by atoms with Crippen molar-refractivity contribution >= 4 is 19.2 Å². The summed E-state index contributed by atoms with van der Waals surface area (Å²) in [5, 5.41) is 18.3. The van der Waals surface area contributed by atoms with E-state index in [4.69, 9.17) is 10.5 Å². The summed E-state index contributed by atoms with van der Waals surface area (Å²) in [6.07, 6.45) is 0. The largest absolute Gasteiger partial charge is 0.221 e. The topological polar surface area (TPSA) is 49.7 Å². The third-order valence-electron chi connectivity index (χ3n) is 1.84. The van der Waals surface area contributed by atoms with Gasteiger partial charge in [0.05, 0.1) is 0 Å². The van der Waals surface area contributed by atoms with Crippen LogP contribution in [0.15, 0.2) is 60.7 Å². The Morgan fingerprint density at radius 3 is 1.31 bits per heavy atom. The van der Waals surface area contributed by atoms with Gasteiger partial charge in [0.15, 0.2) is 0 Å². The minimum absolute atomic E-state index is 0.777. The molecule has 0 aliphatic rings. The fourth-order valence-corrected chi connectivity index (χ4v) is 2.26. The van der Waals surface area contributed by atoms with Crippen molar-refractivity contribution in [3.8, 4) is 0 Å². The fraction of sp³-hybridized carbons (Fsp3) is 0. The molecule has 3 nitrogen and oxygen atoms in total. The van der Waals surface area contributed by atoms with Crippen molar-refractivity contribution in [3.63, 3.8) is 0 Å². The Morgan fingerprint density at radius 1 is 0.688 bits per heavy atom. The molecule has 0 aliphatic heterocycles. The van der Waals surface area contributed by atoms with Gasteiger partial charge < -0.3 is 0 Å². The van der Waals surface area contributed by atoms with Gasteiger partial charge in [-0.15, -0.1) is 0 Å². The van der Waals surface area contributed by atoms with Crippen LogP contribution in [-0.4, -0.2) is 10.5 Å². The van der Waals surface area contributed by atoms with E-state index < -0.39 is 0 Å². The molecule has 84 valence electrons. The summed E-state index contributed by atoms with van der Waals surface area (Å²) in [5.74, 6) is 0. The van der Waals surface area contributed by atoms with Crippen molar-refractivity contribution in [2.24, 2.45) is 0 Å². The maximum atomic E-state index is 6.62. The van der Waals surface area contributed by atoms with Gasteiger partial charge in [-0.1, -0.05) is 74.3 Å². The molecule has 0 spiro atoms. The van der Waals surface area contributed by atoms with E-state index in [0.717, 1.165) is 8.58 Å². The van der Waals surface area contributed by atoms with Crippen LogP contribution in [0.25, 0.3) is 0 Å². The highest BCUT2D eigenvalue weighted by atomic mass is 31.1. The summed E-state index contributed by atoms with van der Waals surface area (Å²) < 4.78 is 0. The van der Waals surface area contributed by atoms with E-state index in [0.29, 0.717) is 0 Å². The lowest BCUT2D eigenvalue weighted by Gasteiger charge is -2.00. The first-order valence-corrected chi connectivity index (χ1v) is 5.69. The van der Waals surface area contributed by atoms with Crippen LogP contribution in [0.4, 0.5) is 0 Å². The monoisotopic (exact) mass is 236 g/mol. The summed E-state index contributed by atoms with van der Waals surface area (Å²) in [6, 6.07) is 21.2. The molecule has 0 saturated carbocycles. The van der Waals surface area contributed by atoms with Gasteiger partial charge in [-0.2, -0.15) is 0 Å². The van der Waals surface area contributed by atoms with Crippen LogP contribution in [0.2, 0.25) is 0 Å². The Hall–Kier alpha value is -1.25. The first-order valence-electron chi connectivity index (χ1n) is 4.69. The second kappa shape index (κ2) is 7.97. The van der Waals surface area contributed by atoms with Crippen molar-refractivity contribution in [3.05, 3.63) is 60.7 Å². The first-order chi connectivity index (χ1) is 7.86. The van der Waals surface area contributed by atoms with Gasteiger partial charge in [-0.05, 0) is 10.6 Å². The van der Waals surface area contributed by atoms with Crippen molar-refractivity contribution in [2.45, 2.75) is 0 Å². The second-order valence-electron chi connectivity index (χ2n) is 2.94. The van der Waals surface area contributed by atoms with Gasteiger partial charge >= 0.3 is 0 Å². The van der Waals surface area contributed by atoms with E-state index in [1.807, 2.05) is 0 Å². The van der Waals surface area contributed by atoms with Gasteiger partial charge in [0.1, 0.15) is 0 Å². The fourth-order valence-electron chi connectivity index (χ4n) is 1.21. The third-order valence-corrected chi connectivity index (χ3v) is 3.08. The highest BCUT2D eigenvalue weighted by Crippen LogP contribution is 2.08. The van der Waals surface area contributed by atoms with E-state index in [9.17, 15) is 0 Å². The SMILES string of the molecule is OOO.c1ccc(Pc2ccccc2)cc1. The molecule has 0 bridgehead atoms. The van der Waals surface area contributed by atoms with Crippen molar-refractivity contribution in [2.75, 3.05) is 0 Å². The van der Waals surface area contributed by atoms with E-state index in [2.05, 4.69) is 65.7 Å². The Kier molecular flexibility index (Phi) is 6.38. The molecule has 0 unspecified atom stereocenters. The van der Waals surface area contributed by atoms with E-state index in [1.54, 1.807) is 0 Å². The molecule has 0 aromatic heterocycles. The average Bonchev–Trinajstić information content (AvgIpc) is 2.33. The molecule has 0 saturated heterocycles. The van der Waals surface area contributed by atoms with Crippen molar-refractivity contribution in [1.29, 1.82) is 0 Å². The van der Waals surface area contributed by atoms with Gasteiger partial charge in [0.2, 0.25) is 0 Å². The smallest absolute Gasteiger partial charge is 0.0226 e. The molecule has 4 heteroatoms. The predicted molar refractivity (Wildman–Crippen MR) is 66.8 cm³/mol. The Morgan fingerprint density at radius 2 is 1.00 bits per heavy atom. The summed E-state index contributed by atoms with van der Waals surface area (Å²) in [5.41, 5.74) is 0. The van der Waals surface area contributed by atoms with Crippen LogP contribution in [0, 0.1) is 0 Å². The van der Waals surface area contributed by atoms with Gasteiger partial charge in [-0.25, -0.2) is 10.5 Å². The molecule has 2 N–H and O–H groups in total. The van der Waals surface area contributed by atoms with Gasteiger partial charge in [0.25, 0.3) is 0 Å². The molecule has 0 amide bonds. The molecular formula is C12H13O3P. The molecule has 0 heterocycles. The quantitative estimate of drug-likeness (QED) is 0.477. The molecule has 0 aliphatic carbocycles. The lowest BCUT2D eigenvalue weighted by atomic mass is 10.4. The first kappa shape index (κ1) is 12.8. The zero-order chi connectivity index (χ0) is 11.6. The Labute approximate surface area is 96.0 Å². The minimum Gasteiger partial charge on any atom is -0.221 e. The molecule has 2 aromatic rings. The molecule has 0 radical (unpaired) electrons. The van der Waals surface area contributed by atoms with Gasteiger partial charge in [0, 0.05) is 0 Å². The lowest BCUT2D eigenvalue weighted by Crippen LogP contribution is -2.01. The van der Waals surface area contributed by atoms with Crippen LogP contribution in [-0.2, 0) is 5.04 Å². The molecular weight excluding hydrogens is 223 g/mol. The number of hydrogen-bond donors (Lipinski definition) is 2. The third kappa shape index (κ3) is 5.01. The van der Waals surface area contributed by atoms with E-state index >= 15 is 0 Å². The van der Waals surface area contributed by atoms with E-state index in [-0.39, 0.29) is 0 Å². The normalized spacial score (nSPS) is 9.12. The highest BCUT2D eigenvalue weighted by Gasteiger charge is 1.92. The number of benzene rings is 2. The second-order valence-corrected chi connectivity index (χ2v) is 4.34. The zero-order valence-corrected chi connectivity index (χ0v) is 9.58. The summed E-state index contributed by atoms with van der Waals surface area (Å²) in [7, 11) is 0.777. The van der Waals surface area contributed by atoms with Crippen LogP contribution in [0.5, 0.6) is 0 Å². The minimum atomic E-state index is 0.777. The van der Waals surface area contributed by atoms with Gasteiger partial charge in [-0.3, -0.25) is 0 Å². The molecule has 2 aromatic carbocycles. The summed E-state index contributed by atoms with van der Waals surface area (Å²) in [6.45, 7) is 0. The molecule has 16 heavy (non-hydrogen) atoms. The standard InChI is InChI=1S/C12H11P.H2O3/c1-3-7-11(8-4-1)13-12-9-5-2-6-10-12;1-3-2/h1-10,13H;1-2H. The van der Waals surface area contributed by atoms with Crippen LogP contribution in [0.1, 0.15) is 0 Å². The zero-order valence-electron chi connectivity index (χ0n) is 8.58. The maximum Gasteiger partial charge on any atom is -0.0226 e. The summed E-state index contributed by atoms with van der Waals surface area (Å²) >= 11 is 0. The number of rotatable bonds is 2. The summed E-state index contributed by atoms with van der Waals surface area (Å²) in [4.78, 5) is 0. The molecule has 0 atom stereocenters. The van der Waals surface area contributed by atoms with E-state index in [1.165, 1.54) is 10.6 Å². The van der Waals surface area contributed by atoms with Crippen molar-refractivity contribution < 1.29 is 15.6 Å². The Balaban J connectivity index is 0.000000386. The average molecular weight is 236 g/mol. The van der Waals surface area contributed by atoms with Crippen LogP contribution in [0.3, 0.4) is 0 Å². The molecule has 0 fully saturated rings. The van der Waals surface area contributed by atoms with Crippen molar-refractivity contribution in [1.82, 2.24) is 0 Å². The van der Waals surface area contributed by atoms with Crippen LogP contribution < -0.4 is 10.6 Å². The predicted octanol–water partition coefficient (Wildman–Crippen LogP) is 2.26. The lowest BCUT2D eigenvalue weighted by molar-refractivity contribution is -0.465.